The van der Waals surface area contributed by atoms with Crippen LogP contribution in [0.25, 0.3) is 11.2 Å². The average molecular weight is 321 g/mol. The molecule has 11 heteroatoms. The van der Waals surface area contributed by atoms with Crippen LogP contribution in [-0.4, -0.2) is 47.8 Å². The summed E-state index contributed by atoms with van der Waals surface area (Å²) in [5, 5.41) is 18.2. The van der Waals surface area contributed by atoms with Crippen LogP contribution < -0.4 is 11.2 Å². The van der Waals surface area contributed by atoms with E-state index in [1.165, 1.54) is 23.7 Å². The molecule has 0 bridgehead atoms. The fourth-order valence-electron chi connectivity index (χ4n) is 2.57. The van der Waals surface area contributed by atoms with E-state index in [1.807, 2.05) is 0 Å². The molecule has 1 unspecified atom stereocenters. The van der Waals surface area contributed by atoms with Crippen LogP contribution >= 0.6 is 0 Å². The molecule has 0 aliphatic carbocycles. The molecule has 1 saturated heterocycles. The molecule has 0 amide bonds. The molecule has 0 aromatic carbocycles. The molecule has 11 nitrogen and oxygen atoms in total. The molecular formula is C12H15N7O4. The van der Waals surface area contributed by atoms with Crippen molar-refractivity contribution in [2.75, 3.05) is 6.54 Å². The SMILES string of the molecule is Cn1c(=O)c2[nH]c(N=NN3CCCC3C(=O)O)nc2n(C)c1=O. The number of carbonyl (C=O) groups is 1. The average Bonchev–Trinajstić information content (AvgIpc) is 3.15. The molecule has 2 aromatic heterocycles. The Kier molecular flexibility index (Phi) is 3.47. The van der Waals surface area contributed by atoms with Gasteiger partial charge in [0, 0.05) is 20.6 Å². The summed E-state index contributed by atoms with van der Waals surface area (Å²) in [6, 6.07) is -0.708. The molecule has 2 N–H and O–H groups in total. The van der Waals surface area contributed by atoms with Crippen molar-refractivity contribution in [3.63, 3.8) is 0 Å². The molecule has 3 heterocycles. The van der Waals surface area contributed by atoms with Gasteiger partial charge < -0.3 is 10.1 Å². The topological polar surface area (TPSA) is 138 Å². The van der Waals surface area contributed by atoms with Gasteiger partial charge in [-0.1, -0.05) is 10.3 Å². The second-order valence-electron chi connectivity index (χ2n) is 5.31. The largest absolute Gasteiger partial charge is 0.480 e. The van der Waals surface area contributed by atoms with Gasteiger partial charge in [0.1, 0.15) is 6.04 Å². The minimum atomic E-state index is -0.956. The minimum absolute atomic E-state index is 0.0364. The van der Waals surface area contributed by atoms with Crippen LogP contribution in [0.1, 0.15) is 12.8 Å². The first-order valence-corrected chi connectivity index (χ1v) is 6.97. The number of nitrogens with one attached hydrogen (secondary N) is 1. The number of aromatic amines is 1. The van der Waals surface area contributed by atoms with Gasteiger partial charge in [-0.15, -0.1) is 0 Å². The van der Waals surface area contributed by atoms with Crippen molar-refractivity contribution in [2.24, 2.45) is 24.4 Å². The first-order chi connectivity index (χ1) is 10.9. The molecule has 1 atom stereocenters. The van der Waals surface area contributed by atoms with Gasteiger partial charge in [0.2, 0.25) is 0 Å². The summed E-state index contributed by atoms with van der Waals surface area (Å²) < 4.78 is 2.19. The summed E-state index contributed by atoms with van der Waals surface area (Å²) in [6.45, 7) is 0.487. The van der Waals surface area contributed by atoms with E-state index in [0.717, 1.165) is 4.57 Å². The Morgan fingerprint density at radius 2 is 2.09 bits per heavy atom. The van der Waals surface area contributed by atoms with E-state index in [2.05, 4.69) is 20.3 Å². The number of nitrogens with zero attached hydrogens (tertiary/aromatic N) is 6. The Hall–Kier alpha value is -2.98. The molecule has 0 radical (unpaired) electrons. The zero-order valence-corrected chi connectivity index (χ0v) is 12.6. The molecule has 1 fully saturated rings. The third kappa shape index (κ3) is 2.39. The predicted molar refractivity (Wildman–Crippen MR) is 78.5 cm³/mol. The number of fused-ring (bicyclic) bond motifs is 1. The van der Waals surface area contributed by atoms with E-state index in [-0.39, 0.29) is 17.1 Å². The van der Waals surface area contributed by atoms with Gasteiger partial charge in [-0.25, -0.2) is 9.59 Å². The van der Waals surface area contributed by atoms with E-state index in [1.54, 1.807) is 0 Å². The van der Waals surface area contributed by atoms with Gasteiger partial charge in [0.15, 0.2) is 11.2 Å². The number of aliphatic carboxylic acids is 1. The maximum atomic E-state index is 12.0. The number of hydrogen-bond donors (Lipinski definition) is 2. The zero-order valence-electron chi connectivity index (χ0n) is 12.6. The normalized spacial score (nSPS) is 18.3. The summed E-state index contributed by atoms with van der Waals surface area (Å²) >= 11 is 0. The van der Waals surface area contributed by atoms with Gasteiger partial charge in [-0.2, -0.15) is 4.98 Å². The Balaban J connectivity index is 1.99. The fraction of sp³-hybridized carbons (Fsp3) is 0.500. The van der Waals surface area contributed by atoms with Gasteiger partial charge in [-0.3, -0.25) is 18.9 Å². The molecule has 2 aromatic rings. The lowest BCUT2D eigenvalue weighted by Crippen LogP contribution is -2.36. The second-order valence-corrected chi connectivity index (χ2v) is 5.31. The number of aromatic nitrogens is 4. The van der Waals surface area contributed by atoms with Gasteiger partial charge in [0.25, 0.3) is 11.5 Å². The maximum Gasteiger partial charge on any atom is 0.332 e. The van der Waals surface area contributed by atoms with E-state index >= 15 is 0 Å². The van der Waals surface area contributed by atoms with Crippen molar-refractivity contribution in [3.8, 4) is 0 Å². The predicted octanol–water partition coefficient (Wildman–Crippen LogP) is -0.492. The third-order valence-electron chi connectivity index (χ3n) is 3.85. The van der Waals surface area contributed by atoms with Crippen molar-refractivity contribution in [1.82, 2.24) is 24.1 Å². The zero-order chi connectivity index (χ0) is 16.7. The summed E-state index contributed by atoms with van der Waals surface area (Å²) in [5.41, 5.74) is -0.701. The van der Waals surface area contributed by atoms with Crippen LogP contribution in [-0.2, 0) is 18.9 Å². The van der Waals surface area contributed by atoms with Crippen molar-refractivity contribution >= 4 is 23.1 Å². The van der Waals surface area contributed by atoms with Crippen LogP contribution in [0.2, 0.25) is 0 Å². The molecular weight excluding hydrogens is 306 g/mol. The van der Waals surface area contributed by atoms with E-state index in [9.17, 15) is 14.4 Å². The van der Waals surface area contributed by atoms with Crippen molar-refractivity contribution < 1.29 is 9.90 Å². The third-order valence-corrected chi connectivity index (χ3v) is 3.85. The van der Waals surface area contributed by atoms with Crippen molar-refractivity contribution in [1.29, 1.82) is 0 Å². The number of aryl methyl sites for hydroxylation is 1. The fourth-order valence-corrected chi connectivity index (χ4v) is 2.57. The number of imidazole rings is 1. The van der Waals surface area contributed by atoms with Crippen molar-refractivity contribution in [3.05, 3.63) is 20.8 Å². The molecule has 3 rings (SSSR count). The van der Waals surface area contributed by atoms with Crippen LogP contribution in [0.5, 0.6) is 0 Å². The number of H-pyrrole nitrogens is 1. The molecule has 1 aliphatic heterocycles. The first kappa shape index (κ1) is 14.9. The molecule has 122 valence electrons. The van der Waals surface area contributed by atoms with E-state index < -0.39 is 23.3 Å². The van der Waals surface area contributed by atoms with E-state index in [0.29, 0.717) is 19.4 Å². The second kappa shape index (κ2) is 5.34. The number of carboxylic acid groups (broad SMARTS) is 1. The highest BCUT2D eigenvalue weighted by Crippen LogP contribution is 2.19. The molecule has 23 heavy (non-hydrogen) atoms. The van der Waals surface area contributed by atoms with Crippen molar-refractivity contribution in [2.45, 2.75) is 18.9 Å². The highest BCUT2D eigenvalue weighted by atomic mass is 16.4. The molecule has 1 aliphatic rings. The van der Waals surface area contributed by atoms with Crippen LogP contribution in [0.4, 0.5) is 5.95 Å². The Labute approximate surface area is 128 Å². The van der Waals surface area contributed by atoms with Crippen LogP contribution in [0.15, 0.2) is 19.9 Å². The van der Waals surface area contributed by atoms with Gasteiger partial charge in [0.05, 0.1) is 0 Å². The van der Waals surface area contributed by atoms with E-state index in [4.69, 9.17) is 5.11 Å². The first-order valence-electron chi connectivity index (χ1n) is 6.97. The minimum Gasteiger partial charge on any atom is -0.480 e. The van der Waals surface area contributed by atoms with Crippen LogP contribution in [0.3, 0.4) is 0 Å². The summed E-state index contributed by atoms with van der Waals surface area (Å²) in [7, 11) is 2.86. The lowest BCUT2D eigenvalue weighted by molar-refractivity contribution is -0.142. The van der Waals surface area contributed by atoms with Gasteiger partial charge in [-0.05, 0) is 12.8 Å². The summed E-state index contributed by atoms with van der Waals surface area (Å²) in [5.74, 6) is -0.920. The lowest BCUT2D eigenvalue weighted by atomic mass is 10.2. The Morgan fingerprint density at radius 1 is 1.35 bits per heavy atom. The Morgan fingerprint density at radius 3 is 2.78 bits per heavy atom. The summed E-state index contributed by atoms with van der Waals surface area (Å²) in [4.78, 5) is 41.7. The number of rotatable bonds is 3. The monoisotopic (exact) mass is 321 g/mol. The molecule has 0 saturated carbocycles. The molecule has 0 spiro atoms. The standard InChI is InChI=1S/C12H15N7O4/c1-17-8-7(9(20)18(2)12(17)23)13-11(14-8)15-16-19-5-3-4-6(19)10(21)22/h6H,3-5H2,1-2H3,(H,13,14)(H,21,22). The highest BCUT2D eigenvalue weighted by Gasteiger charge is 2.30. The lowest BCUT2D eigenvalue weighted by Gasteiger charge is -2.14. The van der Waals surface area contributed by atoms with Crippen LogP contribution in [0, 0.1) is 0 Å². The number of hydrogen-bond acceptors (Lipinski definition) is 6. The smallest absolute Gasteiger partial charge is 0.332 e. The highest BCUT2D eigenvalue weighted by molar-refractivity contribution is 5.73. The quantitative estimate of drug-likeness (QED) is 0.731. The van der Waals surface area contributed by atoms with Gasteiger partial charge >= 0.3 is 11.7 Å². The summed E-state index contributed by atoms with van der Waals surface area (Å²) in [6.07, 6.45) is 1.22. The Bertz CT molecular complexity index is 922. The maximum absolute atomic E-state index is 12.0. The number of carboxylic acids is 1.